The second-order valence-electron chi connectivity index (χ2n) is 6.60. The van der Waals surface area contributed by atoms with E-state index in [0.29, 0.717) is 10.7 Å². The van der Waals surface area contributed by atoms with Crippen molar-refractivity contribution in [3.63, 3.8) is 0 Å². The van der Waals surface area contributed by atoms with Gasteiger partial charge in [-0.3, -0.25) is 9.59 Å². The third-order valence-electron chi connectivity index (χ3n) is 4.23. The molecule has 0 atom stereocenters. The van der Waals surface area contributed by atoms with Crippen LogP contribution >= 0.6 is 23.8 Å². The van der Waals surface area contributed by atoms with Gasteiger partial charge in [-0.2, -0.15) is 0 Å². The molecule has 5 nitrogen and oxygen atoms in total. The van der Waals surface area contributed by atoms with Crippen molar-refractivity contribution in [1.82, 2.24) is 5.32 Å². The van der Waals surface area contributed by atoms with E-state index in [9.17, 15) is 9.59 Å². The van der Waals surface area contributed by atoms with Crippen LogP contribution in [0.3, 0.4) is 0 Å². The highest BCUT2D eigenvalue weighted by Gasteiger charge is 2.29. The van der Waals surface area contributed by atoms with Gasteiger partial charge in [-0.25, -0.2) is 0 Å². The lowest BCUT2D eigenvalue weighted by molar-refractivity contribution is -0.119. The number of aryl methyl sites for hydroxylation is 1. The molecular formula is C20H20ClN3O2S. The Morgan fingerprint density at radius 3 is 2.48 bits per heavy atom. The van der Waals surface area contributed by atoms with E-state index in [1.807, 2.05) is 25.1 Å². The van der Waals surface area contributed by atoms with Gasteiger partial charge in [-0.05, 0) is 67.4 Å². The van der Waals surface area contributed by atoms with E-state index in [4.69, 9.17) is 23.8 Å². The number of hydrogen-bond acceptors (Lipinski definition) is 3. The molecule has 0 aromatic heterocycles. The summed E-state index contributed by atoms with van der Waals surface area (Å²) >= 11 is 11.1. The van der Waals surface area contributed by atoms with E-state index in [1.165, 1.54) is 0 Å². The first-order valence-corrected chi connectivity index (χ1v) is 9.46. The van der Waals surface area contributed by atoms with E-state index in [1.54, 1.807) is 24.3 Å². The fourth-order valence-electron chi connectivity index (χ4n) is 2.54. The van der Waals surface area contributed by atoms with E-state index >= 15 is 0 Å². The van der Waals surface area contributed by atoms with Crippen LogP contribution in [0.4, 0.5) is 11.4 Å². The summed E-state index contributed by atoms with van der Waals surface area (Å²) in [5.41, 5.74) is 3.25. The Hall–Kier alpha value is -2.44. The number of anilines is 2. The molecule has 3 rings (SSSR count). The van der Waals surface area contributed by atoms with E-state index in [0.717, 1.165) is 29.7 Å². The van der Waals surface area contributed by atoms with Crippen molar-refractivity contribution in [3.8, 4) is 0 Å². The highest BCUT2D eigenvalue weighted by molar-refractivity contribution is 7.80. The SMILES string of the molecule is Cc1ccc(NC(=S)NC(=O)Cc2ccc(Cl)cc2)cc1NC(=O)C1CC1. The molecule has 2 amide bonds. The molecule has 0 saturated heterocycles. The van der Waals surface area contributed by atoms with Gasteiger partial charge in [-0.1, -0.05) is 29.8 Å². The molecule has 1 aliphatic rings. The summed E-state index contributed by atoms with van der Waals surface area (Å²) in [7, 11) is 0. The zero-order valence-electron chi connectivity index (χ0n) is 14.8. The van der Waals surface area contributed by atoms with E-state index < -0.39 is 0 Å². The van der Waals surface area contributed by atoms with Crippen LogP contribution < -0.4 is 16.0 Å². The fourth-order valence-corrected chi connectivity index (χ4v) is 2.89. The summed E-state index contributed by atoms with van der Waals surface area (Å²) in [6, 6.07) is 12.6. The summed E-state index contributed by atoms with van der Waals surface area (Å²) in [5.74, 6) is -0.0347. The number of halogens is 1. The molecule has 0 spiro atoms. The first kappa shape index (κ1) is 19.3. The van der Waals surface area contributed by atoms with Gasteiger partial charge in [0.1, 0.15) is 0 Å². The van der Waals surface area contributed by atoms with Gasteiger partial charge in [0.15, 0.2) is 5.11 Å². The number of thiocarbonyl (C=S) groups is 1. The van der Waals surface area contributed by atoms with Gasteiger partial charge in [-0.15, -0.1) is 0 Å². The molecule has 0 aliphatic heterocycles. The zero-order valence-corrected chi connectivity index (χ0v) is 16.4. The van der Waals surface area contributed by atoms with Crippen LogP contribution in [0.15, 0.2) is 42.5 Å². The summed E-state index contributed by atoms with van der Waals surface area (Å²) in [4.78, 5) is 24.1. The Balaban J connectivity index is 1.55. The topological polar surface area (TPSA) is 70.2 Å². The first-order valence-electron chi connectivity index (χ1n) is 8.67. The number of amides is 2. The maximum absolute atomic E-state index is 12.1. The lowest BCUT2D eigenvalue weighted by Gasteiger charge is -2.13. The minimum Gasteiger partial charge on any atom is -0.332 e. The lowest BCUT2D eigenvalue weighted by Crippen LogP contribution is -2.35. The zero-order chi connectivity index (χ0) is 19.4. The number of hydrogen-bond donors (Lipinski definition) is 3. The lowest BCUT2D eigenvalue weighted by atomic mass is 10.1. The van der Waals surface area contributed by atoms with Crippen LogP contribution in [-0.2, 0) is 16.0 Å². The highest BCUT2D eigenvalue weighted by atomic mass is 35.5. The molecule has 3 N–H and O–H groups in total. The minimum absolute atomic E-state index is 0.0501. The Labute approximate surface area is 168 Å². The third kappa shape index (κ3) is 5.77. The predicted octanol–water partition coefficient (Wildman–Crippen LogP) is 4.05. The normalized spacial score (nSPS) is 13.0. The molecule has 1 aliphatic carbocycles. The number of carbonyl (C=O) groups excluding carboxylic acids is 2. The molecule has 2 aromatic carbocycles. The Morgan fingerprint density at radius 2 is 1.81 bits per heavy atom. The van der Waals surface area contributed by atoms with Crippen LogP contribution in [-0.4, -0.2) is 16.9 Å². The number of nitrogens with one attached hydrogen (secondary N) is 3. The van der Waals surface area contributed by atoms with Gasteiger partial charge < -0.3 is 16.0 Å². The summed E-state index contributed by atoms with van der Waals surface area (Å²) in [6.07, 6.45) is 2.11. The molecule has 0 heterocycles. The molecule has 0 bridgehead atoms. The maximum Gasteiger partial charge on any atom is 0.230 e. The molecule has 27 heavy (non-hydrogen) atoms. The summed E-state index contributed by atoms with van der Waals surface area (Å²) in [6.45, 7) is 1.93. The smallest absolute Gasteiger partial charge is 0.230 e. The van der Waals surface area contributed by atoms with Crippen molar-refractivity contribution in [2.45, 2.75) is 26.2 Å². The predicted molar refractivity (Wildman–Crippen MR) is 112 cm³/mol. The van der Waals surface area contributed by atoms with Crippen LogP contribution in [0.2, 0.25) is 5.02 Å². The molecule has 1 fully saturated rings. The molecule has 140 valence electrons. The molecule has 2 aromatic rings. The monoisotopic (exact) mass is 401 g/mol. The van der Waals surface area contributed by atoms with Crippen LogP contribution in [0.1, 0.15) is 24.0 Å². The Bertz CT molecular complexity index is 879. The van der Waals surface area contributed by atoms with Crippen molar-refractivity contribution in [2.75, 3.05) is 10.6 Å². The van der Waals surface area contributed by atoms with Gasteiger partial charge in [0, 0.05) is 22.3 Å². The average Bonchev–Trinajstić information content (AvgIpc) is 3.45. The van der Waals surface area contributed by atoms with Gasteiger partial charge >= 0.3 is 0 Å². The van der Waals surface area contributed by atoms with Crippen LogP contribution in [0, 0.1) is 12.8 Å². The molecule has 7 heteroatoms. The summed E-state index contributed by atoms with van der Waals surface area (Å²) < 4.78 is 0. The second kappa shape index (κ2) is 8.50. The average molecular weight is 402 g/mol. The Morgan fingerprint density at radius 1 is 1.11 bits per heavy atom. The van der Waals surface area contributed by atoms with E-state index in [-0.39, 0.29) is 29.3 Å². The first-order chi connectivity index (χ1) is 12.9. The van der Waals surface area contributed by atoms with Gasteiger partial charge in [0.2, 0.25) is 11.8 Å². The molecule has 0 unspecified atom stereocenters. The van der Waals surface area contributed by atoms with Crippen LogP contribution in [0.25, 0.3) is 0 Å². The molecular weight excluding hydrogens is 382 g/mol. The quantitative estimate of drug-likeness (QED) is 0.661. The second-order valence-corrected chi connectivity index (χ2v) is 7.44. The standard InChI is InChI=1S/C20H20ClN3O2S/c1-12-2-9-16(11-17(12)23-19(26)14-5-6-14)22-20(27)24-18(25)10-13-3-7-15(21)8-4-13/h2-4,7-9,11,14H,5-6,10H2,1H3,(H,23,26)(H2,22,24,25,27). The minimum atomic E-state index is -0.218. The molecule has 0 radical (unpaired) electrons. The van der Waals surface area contributed by atoms with Crippen molar-refractivity contribution >= 4 is 52.1 Å². The third-order valence-corrected chi connectivity index (χ3v) is 4.69. The maximum atomic E-state index is 12.1. The Kier molecular flexibility index (Phi) is 6.08. The van der Waals surface area contributed by atoms with Crippen molar-refractivity contribution < 1.29 is 9.59 Å². The van der Waals surface area contributed by atoms with Crippen molar-refractivity contribution in [3.05, 3.63) is 58.6 Å². The van der Waals surface area contributed by atoms with Crippen molar-refractivity contribution in [2.24, 2.45) is 5.92 Å². The summed E-state index contributed by atoms with van der Waals surface area (Å²) in [5, 5.41) is 9.41. The van der Waals surface area contributed by atoms with Crippen molar-refractivity contribution in [1.29, 1.82) is 0 Å². The largest absolute Gasteiger partial charge is 0.332 e. The van der Waals surface area contributed by atoms with Gasteiger partial charge in [0.05, 0.1) is 6.42 Å². The number of rotatable bonds is 5. The van der Waals surface area contributed by atoms with Gasteiger partial charge in [0.25, 0.3) is 0 Å². The molecule has 1 saturated carbocycles. The number of carbonyl (C=O) groups is 2. The fraction of sp³-hybridized carbons (Fsp3) is 0.250. The van der Waals surface area contributed by atoms with E-state index in [2.05, 4.69) is 16.0 Å². The number of benzene rings is 2. The van der Waals surface area contributed by atoms with Crippen LogP contribution in [0.5, 0.6) is 0 Å². The highest BCUT2D eigenvalue weighted by Crippen LogP contribution is 2.31.